The van der Waals surface area contributed by atoms with Crippen LogP contribution in [-0.4, -0.2) is 13.1 Å². The zero-order valence-electron chi connectivity index (χ0n) is 13.2. The van der Waals surface area contributed by atoms with Crippen molar-refractivity contribution < 1.29 is 8.78 Å². The molecule has 2 atom stereocenters. The fourth-order valence-electron chi connectivity index (χ4n) is 3.37. The molecule has 3 heteroatoms. The topological polar surface area (TPSA) is 12.0 Å². The molecule has 1 aliphatic rings. The van der Waals surface area contributed by atoms with Gasteiger partial charge in [0.05, 0.1) is 0 Å². The lowest BCUT2D eigenvalue weighted by Crippen LogP contribution is -2.33. The third kappa shape index (κ3) is 4.77. The van der Waals surface area contributed by atoms with Crippen LogP contribution in [0.15, 0.2) is 18.2 Å². The molecule has 1 saturated carbocycles. The average molecular weight is 295 g/mol. The zero-order chi connectivity index (χ0) is 15.2. The van der Waals surface area contributed by atoms with Crippen LogP contribution in [0.5, 0.6) is 0 Å². The van der Waals surface area contributed by atoms with Gasteiger partial charge >= 0.3 is 0 Å². The Morgan fingerprint density at radius 2 is 1.71 bits per heavy atom. The van der Waals surface area contributed by atoms with Crippen LogP contribution < -0.4 is 5.32 Å². The molecule has 0 radical (unpaired) electrons. The molecule has 1 nitrogen and oxygen atoms in total. The van der Waals surface area contributed by atoms with E-state index in [1.54, 1.807) is 0 Å². The molecule has 0 aliphatic heterocycles. The summed E-state index contributed by atoms with van der Waals surface area (Å²) in [7, 11) is 0. The number of nitrogens with one attached hydrogen (secondary N) is 1. The fraction of sp³-hybridized carbons (Fsp3) is 0.667. The van der Waals surface area contributed by atoms with Gasteiger partial charge in [-0.15, -0.1) is 0 Å². The van der Waals surface area contributed by atoms with Crippen LogP contribution in [0, 0.1) is 29.4 Å². The molecule has 0 spiro atoms. The molecular formula is C18H27F2N. The van der Waals surface area contributed by atoms with E-state index in [4.69, 9.17) is 0 Å². The molecular weight excluding hydrogens is 268 g/mol. The summed E-state index contributed by atoms with van der Waals surface area (Å²) in [6.45, 7) is 6.37. The third-order valence-electron chi connectivity index (χ3n) is 4.55. The van der Waals surface area contributed by atoms with E-state index in [0.717, 1.165) is 19.5 Å². The Labute approximate surface area is 127 Å². The highest BCUT2D eigenvalue weighted by atomic mass is 19.1. The molecule has 1 aromatic carbocycles. The Bertz CT molecular complexity index is 425. The second-order valence-corrected chi connectivity index (χ2v) is 6.76. The summed E-state index contributed by atoms with van der Waals surface area (Å²) in [4.78, 5) is 0. The van der Waals surface area contributed by atoms with E-state index in [1.807, 2.05) is 0 Å². The smallest absolute Gasteiger partial charge is 0.129 e. The monoisotopic (exact) mass is 295 g/mol. The molecule has 118 valence electrons. The van der Waals surface area contributed by atoms with Gasteiger partial charge in [-0.25, -0.2) is 8.78 Å². The van der Waals surface area contributed by atoms with Crippen LogP contribution in [0.25, 0.3) is 0 Å². The fourth-order valence-corrected chi connectivity index (χ4v) is 3.37. The molecule has 2 rings (SSSR count). The van der Waals surface area contributed by atoms with E-state index in [9.17, 15) is 8.78 Å². The van der Waals surface area contributed by atoms with Crippen molar-refractivity contribution in [3.05, 3.63) is 35.4 Å². The minimum atomic E-state index is -0.394. The first-order valence-electron chi connectivity index (χ1n) is 8.21. The second-order valence-electron chi connectivity index (χ2n) is 6.76. The maximum Gasteiger partial charge on any atom is 0.129 e. The molecule has 2 unspecified atom stereocenters. The quantitative estimate of drug-likeness (QED) is 0.811. The first kappa shape index (κ1) is 16.4. The number of halogens is 2. The molecule has 1 fully saturated rings. The number of hydrogen-bond acceptors (Lipinski definition) is 1. The van der Waals surface area contributed by atoms with Gasteiger partial charge in [-0.05, 0) is 62.2 Å². The molecule has 1 N–H and O–H groups in total. The van der Waals surface area contributed by atoms with E-state index in [0.29, 0.717) is 24.2 Å². The van der Waals surface area contributed by atoms with E-state index in [1.165, 1.54) is 37.5 Å². The number of hydrogen-bond donors (Lipinski definition) is 1. The molecule has 0 aromatic heterocycles. The standard InChI is InChI=1S/C18H27F2N/c1-13(2)11-21-12-15-7-4-3-6-14(15)10-16-17(19)8-5-9-18(16)20/h5,8-9,13-15,21H,3-4,6-7,10-12H2,1-2H3. The van der Waals surface area contributed by atoms with Gasteiger partial charge in [-0.1, -0.05) is 32.8 Å². The Balaban J connectivity index is 1.98. The molecule has 1 aromatic rings. The van der Waals surface area contributed by atoms with Gasteiger partial charge in [0.2, 0.25) is 0 Å². The van der Waals surface area contributed by atoms with Gasteiger partial charge in [-0.2, -0.15) is 0 Å². The van der Waals surface area contributed by atoms with Crippen LogP contribution in [-0.2, 0) is 6.42 Å². The van der Waals surface area contributed by atoms with E-state index < -0.39 is 11.6 Å². The summed E-state index contributed by atoms with van der Waals surface area (Å²) in [6, 6.07) is 4.18. The van der Waals surface area contributed by atoms with Crippen LogP contribution in [0.4, 0.5) is 8.78 Å². The predicted molar refractivity (Wildman–Crippen MR) is 83.2 cm³/mol. The van der Waals surface area contributed by atoms with Gasteiger partial charge < -0.3 is 5.32 Å². The summed E-state index contributed by atoms with van der Waals surface area (Å²) >= 11 is 0. The van der Waals surface area contributed by atoms with E-state index in [2.05, 4.69) is 19.2 Å². The highest BCUT2D eigenvalue weighted by Gasteiger charge is 2.26. The van der Waals surface area contributed by atoms with E-state index >= 15 is 0 Å². The van der Waals surface area contributed by atoms with Crippen molar-refractivity contribution in [2.24, 2.45) is 17.8 Å². The first-order chi connectivity index (χ1) is 10.1. The third-order valence-corrected chi connectivity index (χ3v) is 4.55. The van der Waals surface area contributed by atoms with Crippen molar-refractivity contribution in [3.8, 4) is 0 Å². The van der Waals surface area contributed by atoms with Crippen molar-refractivity contribution in [2.75, 3.05) is 13.1 Å². The molecule has 0 saturated heterocycles. The lowest BCUT2D eigenvalue weighted by Gasteiger charge is -2.32. The van der Waals surface area contributed by atoms with Crippen LogP contribution in [0.1, 0.15) is 45.1 Å². The Kier molecular flexibility index (Phi) is 6.16. The van der Waals surface area contributed by atoms with Gasteiger partial charge in [-0.3, -0.25) is 0 Å². The molecule has 1 aliphatic carbocycles. The van der Waals surface area contributed by atoms with Gasteiger partial charge in [0.25, 0.3) is 0 Å². The Hall–Kier alpha value is -0.960. The normalized spacial score (nSPS) is 22.7. The van der Waals surface area contributed by atoms with Crippen LogP contribution in [0.2, 0.25) is 0 Å². The summed E-state index contributed by atoms with van der Waals surface area (Å²) in [6.07, 6.45) is 5.21. The maximum atomic E-state index is 13.8. The first-order valence-corrected chi connectivity index (χ1v) is 8.21. The number of benzene rings is 1. The lowest BCUT2D eigenvalue weighted by molar-refractivity contribution is 0.223. The van der Waals surface area contributed by atoms with E-state index in [-0.39, 0.29) is 5.56 Å². The van der Waals surface area contributed by atoms with Gasteiger partial charge in [0, 0.05) is 5.56 Å². The summed E-state index contributed by atoms with van der Waals surface area (Å²) in [5.74, 6) is 0.779. The molecule has 21 heavy (non-hydrogen) atoms. The van der Waals surface area contributed by atoms with Crippen molar-refractivity contribution in [1.29, 1.82) is 0 Å². The van der Waals surface area contributed by atoms with Crippen molar-refractivity contribution in [1.82, 2.24) is 5.32 Å². The average Bonchev–Trinajstić information content (AvgIpc) is 2.44. The molecule has 0 heterocycles. The largest absolute Gasteiger partial charge is 0.316 e. The van der Waals surface area contributed by atoms with Crippen LogP contribution in [0.3, 0.4) is 0 Å². The van der Waals surface area contributed by atoms with Crippen molar-refractivity contribution in [2.45, 2.75) is 46.0 Å². The minimum absolute atomic E-state index is 0.276. The summed E-state index contributed by atoms with van der Waals surface area (Å²) < 4.78 is 27.7. The highest BCUT2D eigenvalue weighted by molar-refractivity contribution is 5.20. The highest BCUT2D eigenvalue weighted by Crippen LogP contribution is 2.33. The predicted octanol–water partition coefficient (Wildman–Crippen LogP) is 4.56. The van der Waals surface area contributed by atoms with Crippen molar-refractivity contribution >= 4 is 0 Å². The van der Waals surface area contributed by atoms with Crippen LogP contribution >= 0.6 is 0 Å². The maximum absolute atomic E-state index is 13.8. The summed E-state index contributed by atoms with van der Waals surface area (Å²) in [5.41, 5.74) is 0.276. The second kappa shape index (κ2) is 7.88. The van der Waals surface area contributed by atoms with Gasteiger partial charge in [0.15, 0.2) is 0 Å². The Morgan fingerprint density at radius 3 is 2.33 bits per heavy atom. The number of rotatable bonds is 6. The van der Waals surface area contributed by atoms with Gasteiger partial charge in [0.1, 0.15) is 11.6 Å². The van der Waals surface area contributed by atoms with Crippen molar-refractivity contribution in [3.63, 3.8) is 0 Å². The lowest BCUT2D eigenvalue weighted by atomic mass is 9.76. The molecule has 0 bridgehead atoms. The zero-order valence-corrected chi connectivity index (χ0v) is 13.2. The SMILES string of the molecule is CC(C)CNCC1CCCCC1Cc1c(F)cccc1F. The minimum Gasteiger partial charge on any atom is -0.316 e. The molecule has 0 amide bonds. The summed E-state index contributed by atoms with van der Waals surface area (Å²) in [5, 5.41) is 3.51. The Morgan fingerprint density at radius 1 is 1.10 bits per heavy atom.